The fraction of sp³-hybridized carbons (Fsp3) is 0.400. The van der Waals surface area contributed by atoms with E-state index in [0.29, 0.717) is 29.7 Å². The van der Waals surface area contributed by atoms with Gasteiger partial charge in [0.15, 0.2) is 28.9 Å². The molecule has 1 fully saturated rings. The molecule has 10 nitrogen and oxygen atoms in total. The van der Waals surface area contributed by atoms with E-state index in [0.717, 1.165) is 0 Å². The van der Waals surface area contributed by atoms with Crippen LogP contribution >= 0.6 is 0 Å². The Hall–Kier alpha value is -4.62. The molecule has 3 aromatic rings. The number of hydrogen-bond acceptors (Lipinski definition) is 7. The van der Waals surface area contributed by atoms with Gasteiger partial charge in [0.1, 0.15) is 24.0 Å². The second-order valence-corrected chi connectivity index (χ2v) is 10.8. The molecule has 3 atom stereocenters. The zero-order valence-electron chi connectivity index (χ0n) is 24.1. The maximum absolute atomic E-state index is 14.1. The van der Waals surface area contributed by atoms with E-state index in [-0.39, 0.29) is 36.5 Å². The van der Waals surface area contributed by atoms with Gasteiger partial charge in [0.05, 0.1) is 18.5 Å². The first-order chi connectivity index (χ1) is 20.9. The van der Waals surface area contributed by atoms with E-state index in [1.165, 1.54) is 13.2 Å². The van der Waals surface area contributed by atoms with E-state index >= 15 is 0 Å². The van der Waals surface area contributed by atoms with Crippen LogP contribution in [0.2, 0.25) is 0 Å². The summed E-state index contributed by atoms with van der Waals surface area (Å²) in [5, 5.41) is 8.27. The lowest BCUT2D eigenvalue weighted by molar-refractivity contribution is -0.131. The summed E-state index contributed by atoms with van der Waals surface area (Å²) in [6.07, 6.45) is 0.286. The highest BCUT2D eigenvalue weighted by atomic mass is 19.2. The fourth-order valence-corrected chi connectivity index (χ4v) is 4.88. The topological polar surface area (TPSA) is 136 Å². The molecule has 0 radical (unpaired) electrons. The molecule has 0 bridgehead atoms. The molecule has 44 heavy (non-hydrogen) atoms. The average Bonchev–Trinajstić information content (AvgIpc) is 3.60. The molecule has 0 spiro atoms. The van der Waals surface area contributed by atoms with Crippen LogP contribution < -0.4 is 25.4 Å². The Morgan fingerprint density at radius 3 is 2.36 bits per heavy atom. The SMILES string of the molecule is COc1cccc2oc(C(=O)NC(CC(C)C)C(=O)NC(C[C@@H]3CCNC3=O)C(=O)COc3c(F)c(F)cc(F)c3F)cc12. The number of amides is 3. The number of Topliss-reactive ketones (excluding diaryl/α,β-unsaturated/α-hetero) is 1. The van der Waals surface area contributed by atoms with E-state index in [1.54, 1.807) is 32.0 Å². The van der Waals surface area contributed by atoms with Gasteiger partial charge in [-0.05, 0) is 37.3 Å². The van der Waals surface area contributed by atoms with Crippen molar-refractivity contribution in [1.82, 2.24) is 16.0 Å². The third-order valence-electron chi connectivity index (χ3n) is 7.11. The monoisotopic (exact) mass is 621 g/mol. The van der Waals surface area contributed by atoms with E-state index in [9.17, 15) is 36.7 Å². The molecule has 0 saturated carbocycles. The van der Waals surface area contributed by atoms with Crippen LogP contribution in [0.25, 0.3) is 11.0 Å². The van der Waals surface area contributed by atoms with Crippen LogP contribution in [0.1, 0.15) is 43.7 Å². The molecule has 3 N–H and O–H groups in total. The van der Waals surface area contributed by atoms with Gasteiger partial charge < -0.3 is 29.8 Å². The van der Waals surface area contributed by atoms with Crippen molar-refractivity contribution in [1.29, 1.82) is 0 Å². The molecule has 2 heterocycles. The van der Waals surface area contributed by atoms with Crippen LogP contribution in [0.15, 0.2) is 34.7 Å². The van der Waals surface area contributed by atoms with E-state index < -0.39 is 71.2 Å². The van der Waals surface area contributed by atoms with Crippen molar-refractivity contribution in [3.05, 3.63) is 59.4 Å². The lowest BCUT2D eigenvalue weighted by Crippen LogP contribution is -2.53. The number of ether oxygens (including phenoxy) is 2. The Labute approximate surface area is 249 Å². The maximum atomic E-state index is 14.1. The summed E-state index contributed by atoms with van der Waals surface area (Å²) < 4.78 is 71.1. The fourth-order valence-electron chi connectivity index (χ4n) is 4.88. The van der Waals surface area contributed by atoms with Gasteiger partial charge in [0.25, 0.3) is 5.91 Å². The smallest absolute Gasteiger partial charge is 0.287 e. The molecule has 4 rings (SSSR count). The van der Waals surface area contributed by atoms with Gasteiger partial charge in [-0.25, -0.2) is 8.78 Å². The first-order valence-electron chi connectivity index (χ1n) is 13.8. The second-order valence-electron chi connectivity index (χ2n) is 10.8. The van der Waals surface area contributed by atoms with Crippen molar-refractivity contribution in [3.63, 3.8) is 0 Å². The highest BCUT2D eigenvalue weighted by molar-refractivity contribution is 6.00. The first kappa shape index (κ1) is 32.3. The normalized spacial score (nSPS) is 16.0. The molecule has 236 valence electrons. The quantitative estimate of drug-likeness (QED) is 0.195. The van der Waals surface area contributed by atoms with Gasteiger partial charge in [-0.2, -0.15) is 8.78 Å². The largest absolute Gasteiger partial charge is 0.496 e. The molecule has 3 amide bonds. The minimum absolute atomic E-state index is 0.00785. The third-order valence-corrected chi connectivity index (χ3v) is 7.11. The van der Waals surface area contributed by atoms with Gasteiger partial charge in [-0.1, -0.05) is 19.9 Å². The maximum Gasteiger partial charge on any atom is 0.287 e. The molecule has 2 unspecified atom stereocenters. The Balaban J connectivity index is 1.53. The van der Waals surface area contributed by atoms with Crippen LogP contribution in [0.5, 0.6) is 11.5 Å². The van der Waals surface area contributed by atoms with E-state index in [4.69, 9.17) is 13.9 Å². The lowest BCUT2D eigenvalue weighted by atomic mass is 9.95. The second kappa shape index (κ2) is 13.8. The number of rotatable bonds is 13. The number of carbonyl (C=O) groups is 4. The molecule has 0 aliphatic carbocycles. The third kappa shape index (κ3) is 7.29. The highest BCUT2D eigenvalue weighted by Crippen LogP contribution is 2.29. The van der Waals surface area contributed by atoms with Crippen molar-refractivity contribution in [2.45, 2.75) is 45.2 Å². The van der Waals surface area contributed by atoms with Crippen LogP contribution in [-0.4, -0.2) is 55.8 Å². The lowest BCUT2D eigenvalue weighted by Gasteiger charge is -2.25. The van der Waals surface area contributed by atoms with Crippen LogP contribution in [0.4, 0.5) is 17.6 Å². The highest BCUT2D eigenvalue weighted by Gasteiger charge is 2.34. The molecule has 1 aliphatic rings. The number of carbonyl (C=O) groups excluding carboxylic acids is 4. The predicted molar refractivity (Wildman–Crippen MR) is 148 cm³/mol. The molecule has 1 aliphatic heterocycles. The number of furan rings is 1. The predicted octanol–water partition coefficient (Wildman–Crippen LogP) is 3.80. The van der Waals surface area contributed by atoms with Crippen molar-refractivity contribution in [3.8, 4) is 11.5 Å². The van der Waals surface area contributed by atoms with Crippen LogP contribution in [0.3, 0.4) is 0 Å². The number of benzene rings is 2. The summed E-state index contributed by atoms with van der Waals surface area (Å²) in [6.45, 7) is 2.86. The number of nitrogens with one attached hydrogen (secondary N) is 3. The summed E-state index contributed by atoms with van der Waals surface area (Å²) in [4.78, 5) is 52.0. The number of hydrogen-bond donors (Lipinski definition) is 3. The van der Waals surface area contributed by atoms with Crippen molar-refractivity contribution in [2.24, 2.45) is 11.8 Å². The van der Waals surface area contributed by atoms with Gasteiger partial charge in [0.2, 0.25) is 23.4 Å². The Kier molecular flexibility index (Phi) is 10.1. The van der Waals surface area contributed by atoms with E-state index in [1.807, 2.05) is 0 Å². The number of fused-ring (bicyclic) bond motifs is 1. The van der Waals surface area contributed by atoms with Crippen molar-refractivity contribution in [2.75, 3.05) is 20.3 Å². The standard InChI is InChI=1S/C30H31F4N3O7/c1-14(2)9-20(37-30(41)24-11-16-22(42-3)5-4-6-23(16)44-24)29(40)36-19(10-15-7-8-35-28(15)39)21(38)13-43-27-25(33)17(31)12-18(32)26(27)34/h4-6,11-12,14-15,19-20H,7-10,13H2,1-3H3,(H,35,39)(H,36,40)(H,37,41)/t15-,19?,20?/m0/s1. The van der Waals surface area contributed by atoms with Gasteiger partial charge in [-0.3, -0.25) is 19.2 Å². The number of halogens is 4. The first-order valence-corrected chi connectivity index (χ1v) is 13.8. The molecule has 14 heteroatoms. The Morgan fingerprint density at radius 1 is 1.05 bits per heavy atom. The van der Waals surface area contributed by atoms with Gasteiger partial charge in [-0.15, -0.1) is 0 Å². The minimum Gasteiger partial charge on any atom is -0.496 e. The van der Waals surface area contributed by atoms with Gasteiger partial charge in [0, 0.05) is 24.6 Å². The van der Waals surface area contributed by atoms with E-state index in [2.05, 4.69) is 16.0 Å². The number of methoxy groups -OCH3 is 1. The van der Waals surface area contributed by atoms with Gasteiger partial charge >= 0.3 is 0 Å². The molecule has 1 aromatic heterocycles. The van der Waals surface area contributed by atoms with Crippen LogP contribution in [0, 0.1) is 35.1 Å². The summed E-state index contributed by atoms with van der Waals surface area (Å²) in [7, 11) is 1.46. The Morgan fingerprint density at radius 2 is 1.75 bits per heavy atom. The van der Waals surface area contributed by atoms with Crippen molar-refractivity contribution < 1.29 is 50.6 Å². The number of ketones is 1. The molecular formula is C30H31F4N3O7. The minimum atomic E-state index is -1.84. The average molecular weight is 622 g/mol. The molecular weight excluding hydrogens is 590 g/mol. The summed E-state index contributed by atoms with van der Waals surface area (Å²) in [5.41, 5.74) is 0.380. The molecule has 2 aromatic carbocycles. The van der Waals surface area contributed by atoms with Crippen LogP contribution in [-0.2, 0) is 14.4 Å². The summed E-state index contributed by atoms with van der Waals surface area (Å²) in [5.74, 6) is -11.8. The summed E-state index contributed by atoms with van der Waals surface area (Å²) in [6, 6.07) is 3.88. The zero-order valence-corrected chi connectivity index (χ0v) is 24.1. The van der Waals surface area contributed by atoms with Crippen molar-refractivity contribution >= 4 is 34.5 Å². The molecule has 1 saturated heterocycles. The Bertz CT molecular complexity index is 1550. The summed E-state index contributed by atoms with van der Waals surface area (Å²) >= 11 is 0. The zero-order chi connectivity index (χ0) is 32.1.